The first-order valence-electron chi connectivity index (χ1n) is 3.59. The number of allylic oxidation sites excluding steroid dienone is 1. The lowest BCUT2D eigenvalue weighted by molar-refractivity contribution is 0.0662. The average molecular weight is 141 g/mol. The van der Waals surface area contributed by atoms with E-state index >= 15 is 0 Å². The third-order valence-electron chi connectivity index (χ3n) is 2.26. The van der Waals surface area contributed by atoms with Gasteiger partial charge in [-0.2, -0.15) is 0 Å². The number of rotatable bonds is 1. The highest BCUT2D eigenvalue weighted by Crippen LogP contribution is 2.35. The topological polar surface area (TPSA) is 62.4 Å². The largest absolute Gasteiger partial charge is 0.396 e. The molecule has 2 unspecified atom stereocenters. The lowest BCUT2D eigenvalue weighted by Crippen LogP contribution is -2.24. The van der Waals surface area contributed by atoms with Crippen molar-refractivity contribution >= 4 is 0 Å². The molecule has 0 saturated carbocycles. The van der Waals surface area contributed by atoms with Crippen LogP contribution in [0.3, 0.4) is 0 Å². The monoisotopic (exact) mass is 141 g/mol. The zero-order valence-corrected chi connectivity index (χ0v) is 5.67. The van der Waals surface area contributed by atoms with Gasteiger partial charge in [0.15, 0.2) is 0 Å². The third kappa shape index (κ3) is 0.822. The molecule has 0 bridgehead atoms. The summed E-state index contributed by atoms with van der Waals surface area (Å²) in [5, 5.41) is 21.2. The Morgan fingerprint density at radius 3 is 2.80 bits per heavy atom. The standard InChI is InChI=1S/C7H11NO2/c9-3-4-1-5-6(8-5)2-7(4)10/h4,7-10H,1-3H2. The number of nitrogens with one attached hydrogen (secondary N) is 1. The Kier molecular flexibility index (Phi) is 1.22. The van der Waals surface area contributed by atoms with E-state index in [1.54, 1.807) is 0 Å². The van der Waals surface area contributed by atoms with Crippen molar-refractivity contribution in [3.8, 4) is 0 Å². The molecule has 3 N–H and O–H groups in total. The first-order chi connectivity index (χ1) is 4.81. The molecule has 2 atom stereocenters. The predicted octanol–water partition coefficient (Wildman–Crippen LogP) is -0.436. The molecule has 0 amide bonds. The minimum atomic E-state index is -0.334. The predicted molar refractivity (Wildman–Crippen MR) is 36.0 cm³/mol. The van der Waals surface area contributed by atoms with E-state index in [0.29, 0.717) is 6.42 Å². The molecular formula is C7H11NO2. The quantitative estimate of drug-likeness (QED) is 0.464. The van der Waals surface area contributed by atoms with E-state index < -0.39 is 0 Å². The molecule has 3 heteroatoms. The summed E-state index contributed by atoms with van der Waals surface area (Å²) in [5.74, 6) is 0.0637. The summed E-state index contributed by atoms with van der Waals surface area (Å²) in [6, 6.07) is 0. The molecule has 1 aliphatic carbocycles. The van der Waals surface area contributed by atoms with Gasteiger partial charge in [-0.1, -0.05) is 0 Å². The van der Waals surface area contributed by atoms with Crippen LogP contribution in [0, 0.1) is 5.92 Å². The summed E-state index contributed by atoms with van der Waals surface area (Å²) in [5.41, 5.74) is 2.43. The zero-order valence-electron chi connectivity index (χ0n) is 5.67. The van der Waals surface area contributed by atoms with Crippen molar-refractivity contribution in [2.75, 3.05) is 6.61 Å². The number of aliphatic hydroxyl groups is 2. The van der Waals surface area contributed by atoms with Crippen molar-refractivity contribution in [1.29, 1.82) is 0 Å². The van der Waals surface area contributed by atoms with Gasteiger partial charge in [-0.15, -0.1) is 0 Å². The Hall–Kier alpha value is -0.540. The molecule has 10 heavy (non-hydrogen) atoms. The van der Waals surface area contributed by atoms with Crippen LogP contribution in [0.4, 0.5) is 0 Å². The second-order valence-electron chi connectivity index (χ2n) is 3.00. The van der Waals surface area contributed by atoms with E-state index in [4.69, 9.17) is 5.11 Å². The van der Waals surface area contributed by atoms with Gasteiger partial charge in [-0.05, 0) is 6.42 Å². The second kappa shape index (κ2) is 1.97. The van der Waals surface area contributed by atoms with Crippen molar-refractivity contribution < 1.29 is 10.2 Å². The Morgan fingerprint density at radius 2 is 2.10 bits per heavy atom. The minimum absolute atomic E-state index is 0.0637. The van der Waals surface area contributed by atoms with Crippen LogP contribution in [-0.2, 0) is 0 Å². The highest BCUT2D eigenvalue weighted by Gasteiger charge is 2.35. The van der Waals surface area contributed by atoms with Crippen LogP contribution in [0.1, 0.15) is 12.8 Å². The van der Waals surface area contributed by atoms with Gasteiger partial charge in [-0.25, -0.2) is 0 Å². The molecule has 0 saturated heterocycles. The van der Waals surface area contributed by atoms with Crippen molar-refractivity contribution in [3.63, 3.8) is 0 Å². The van der Waals surface area contributed by atoms with Gasteiger partial charge in [0.25, 0.3) is 0 Å². The lowest BCUT2D eigenvalue weighted by atomic mass is 9.92. The van der Waals surface area contributed by atoms with Gasteiger partial charge in [-0.3, -0.25) is 0 Å². The molecule has 0 aromatic carbocycles. The minimum Gasteiger partial charge on any atom is -0.396 e. The summed E-state index contributed by atoms with van der Waals surface area (Å²) in [6.07, 6.45) is 1.20. The number of hydrogen-bond acceptors (Lipinski definition) is 3. The average Bonchev–Trinajstić information content (AvgIpc) is 2.64. The van der Waals surface area contributed by atoms with Crippen LogP contribution in [0.5, 0.6) is 0 Å². The molecule has 3 nitrogen and oxygen atoms in total. The molecule has 1 heterocycles. The van der Waals surface area contributed by atoms with E-state index in [0.717, 1.165) is 6.42 Å². The van der Waals surface area contributed by atoms with Crippen LogP contribution in [0.25, 0.3) is 0 Å². The fourth-order valence-electron chi connectivity index (χ4n) is 1.46. The summed E-state index contributed by atoms with van der Waals surface area (Å²) in [6.45, 7) is 0.0969. The highest BCUT2D eigenvalue weighted by molar-refractivity contribution is 5.33. The molecule has 0 aromatic rings. The Morgan fingerprint density at radius 1 is 1.40 bits per heavy atom. The van der Waals surface area contributed by atoms with E-state index in [-0.39, 0.29) is 18.6 Å². The van der Waals surface area contributed by atoms with Gasteiger partial charge in [0, 0.05) is 30.3 Å². The van der Waals surface area contributed by atoms with Gasteiger partial charge < -0.3 is 15.5 Å². The molecule has 2 rings (SSSR count). The highest BCUT2D eigenvalue weighted by atomic mass is 16.3. The zero-order chi connectivity index (χ0) is 7.14. The van der Waals surface area contributed by atoms with Crippen molar-refractivity contribution in [2.45, 2.75) is 18.9 Å². The molecule has 1 aliphatic heterocycles. The first-order valence-corrected chi connectivity index (χ1v) is 3.59. The van der Waals surface area contributed by atoms with Crippen molar-refractivity contribution in [3.05, 3.63) is 11.4 Å². The van der Waals surface area contributed by atoms with Crippen molar-refractivity contribution in [1.82, 2.24) is 5.32 Å². The van der Waals surface area contributed by atoms with Crippen LogP contribution in [0.2, 0.25) is 0 Å². The summed E-state index contributed by atoms with van der Waals surface area (Å²) in [7, 11) is 0. The van der Waals surface area contributed by atoms with Crippen molar-refractivity contribution in [2.24, 2.45) is 5.92 Å². The van der Waals surface area contributed by atoms with Gasteiger partial charge in [0.05, 0.1) is 6.10 Å². The van der Waals surface area contributed by atoms with Crippen LogP contribution in [-0.4, -0.2) is 22.9 Å². The molecule has 0 aromatic heterocycles. The molecule has 0 radical (unpaired) electrons. The molecular weight excluding hydrogens is 130 g/mol. The van der Waals surface area contributed by atoms with E-state index in [1.165, 1.54) is 11.4 Å². The lowest BCUT2D eigenvalue weighted by Gasteiger charge is -2.19. The summed E-state index contributed by atoms with van der Waals surface area (Å²) < 4.78 is 0. The van der Waals surface area contributed by atoms with Crippen LogP contribution >= 0.6 is 0 Å². The SMILES string of the molecule is OCC1CC2=C(CC1O)N2. The molecule has 2 aliphatic rings. The second-order valence-corrected chi connectivity index (χ2v) is 3.00. The van der Waals surface area contributed by atoms with Gasteiger partial charge in [0.1, 0.15) is 0 Å². The van der Waals surface area contributed by atoms with Crippen LogP contribution < -0.4 is 5.32 Å². The Balaban J connectivity index is 2.05. The maximum Gasteiger partial charge on any atom is 0.0649 e. The maximum atomic E-state index is 9.33. The molecule has 0 fully saturated rings. The van der Waals surface area contributed by atoms with E-state index in [1.807, 2.05) is 0 Å². The molecule has 56 valence electrons. The smallest absolute Gasteiger partial charge is 0.0649 e. The van der Waals surface area contributed by atoms with Crippen LogP contribution in [0.15, 0.2) is 11.4 Å². The fraction of sp³-hybridized carbons (Fsp3) is 0.714. The van der Waals surface area contributed by atoms with Gasteiger partial charge >= 0.3 is 0 Å². The maximum absolute atomic E-state index is 9.33. The number of hydrogen-bond donors (Lipinski definition) is 3. The number of aliphatic hydroxyl groups excluding tert-OH is 2. The summed E-state index contributed by atoms with van der Waals surface area (Å²) in [4.78, 5) is 0. The molecule has 0 spiro atoms. The van der Waals surface area contributed by atoms with Gasteiger partial charge in [0.2, 0.25) is 0 Å². The Bertz CT molecular complexity index is 188. The van der Waals surface area contributed by atoms with E-state index in [9.17, 15) is 5.11 Å². The van der Waals surface area contributed by atoms with E-state index in [2.05, 4.69) is 5.32 Å². The summed E-state index contributed by atoms with van der Waals surface area (Å²) >= 11 is 0. The first kappa shape index (κ1) is 6.19. The third-order valence-corrected chi connectivity index (χ3v) is 2.26. The fourth-order valence-corrected chi connectivity index (χ4v) is 1.46. The Labute approximate surface area is 59.4 Å². The normalized spacial score (nSPS) is 37.0.